The Morgan fingerprint density at radius 2 is 0.815 bits per heavy atom. The molecule has 0 saturated carbocycles. The van der Waals surface area contributed by atoms with Crippen molar-refractivity contribution in [2.24, 2.45) is 0 Å². The maximum absolute atomic E-state index is 10.8. The maximum Gasteiger partial charge on any atom is 2.00 e. The molecular weight excluding hydrogens is 527 g/mol. The molecule has 0 unspecified atom stereocenters. The van der Waals surface area contributed by atoms with Crippen molar-refractivity contribution in [3.05, 3.63) is 0 Å². The summed E-state index contributed by atoms with van der Waals surface area (Å²) in [5, 5.41) is 7.00. The van der Waals surface area contributed by atoms with Crippen LogP contribution in [0.2, 0.25) is 0 Å². The monoisotopic (exact) mass is 540 g/mol. The van der Waals surface area contributed by atoms with Gasteiger partial charge in [0, 0.05) is 47.0 Å². The van der Waals surface area contributed by atoms with Crippen molar-refractivity contribution in [2.45, 2.75) is 3.91 Å². The minimum Gasteiger partial charge on any atom is -0.759 e. The molecule has 0 fully saturated rings. The molecule has 0 aliphatic rings. The van der Waals surface area contributed by atoms with Crippen molar-refractivity contribution in [1.82, 2.24) is 0 Å². The molecule has 0 aromatic heterocycles. The van der Waals surface area contributed by atoms with E-state index in [4.69, 9.17) is 35.6 Å². The van der Waals surface area contributed by atoms with Gasteiger partial charge in [0.2, 0.25) is 0 Å². The first-order valence-electron chi connectivity index (χ1n) is 4.70. The van der Waals surface area contributed by atoms with Crippen molar-refractivity contribution in [3.8, 4) is 0 Å². The zero-order chi connectivity index (χ0) is 22.1. The molecule has 0 aromatic rings. The number of aliphatic hydroxyl groups excluding tert-OH is 1. The topological polar surface area (TPSA) is 260 Å². The van der Waals surface area contributed by atoms with Crippen LogP contribution in [0.15, 0.2) is 0 Å². The predicted molar refractivity (Wildman–Crippen MR) is 88.2 cm³/mol. The first kappa shape index (κ1) is 42.7. The van der Waals surface area contributed by atoms with E-state index in [0.29, 0.717) is 18.8 Å². The molecule has 0 spiro atoms. The first-order valence-corrected chi connectivity index (χ1v) is 14.1. The van der Waals surface area contributed by atoms with E-state index in [-0.39, 0.29) is 52.6 Å². The third-order valence-corrected chi connectivity index (χ3v) is 9.67. The second-order valence-electron chi connectivity index (χ2n) is 3.54. The average molecular weight is 541 g/mol. The summed E-state index contributed by atoms with van der Waals surface area (Å²) in [6.45, 7) is 0. The summed E-state index contributed by atoms with van der Waals surface area (Å²) in [6, 6.07) is 0. The molecule has 0 atom stereocenters. The number of aliphatic hydroxyl groups is 1. The fourth-order valence-corrected chi connectivity index (χ4v) is 8.99. The number of sulfone groups is 2. The van der Waals surface area contributed by atoms with Crippen molar-refractivity contribution >= 4 is 83.0 Å². The number of hydrogen-bond donors (Lipinski definition) is 1. The van der Waals surface area contributed by atoms with Crippen LogP contribution in [-0.2, 0) is 49.2 Å². The molecule has 0 aliphatic heterocycles. The van der Waals surface area contributed by atoms with E-state index in [1.807, 2.05) is 0 Å². The summed E-state index contributed by atoms with van der Waals surface area (Å²) < 4.78 is 123. The van der Waals surface area contributed by atoms with Crippen molar-refractivity contribution in [1.29, 1.82) is 0 Å². The van der Waals surface area contributed by atoms with Crippen molar-refractivity contribution in [3.63, 3.8) is 0 Å². The third-order valence-electron chi connectivity index (χ3n) is 0.929. The second-order valence-corrected chi connectivity index (χ2v) is 13.6. The number of halogens is 1. The molecular formula is C5H14ClMgNaO14S5. The van der Waals surface area contributed by atoms with Gasteiger partial charge in [0.15, 0.2) is 19.7 Å². The molecule has 0 radical (unpaired) electrons. The average Bonchev–Trinajstić information content (AvgIpc) is 2.05. The van der Waals surface area contributed by atoms with Gasteiger partial charge in [-0.25, -0.2) is 33.7 Å². The predicted octanol–water partition coefficient (Wildman–Crippen LogP) is -7.02. The second kappa shape index (κ2) is 16.4. The Balaban J connectivity index is -0.0000000662. The zero-order valence-electron chi connectivity index (χ0n) is 14.5. The molecule has 22 heteroatoms. The van der Waals surface area contributed by atoms with E-state index >= 15 is 0 Å². The Labute approximate surface area is 201 Å². The van der Waals surface area contributed by atoms with Crippen LogP contribution in [0.5, 0.6) is 0 Å². The third kappa shape index (κ3) is 47.1. The summed E-state index contributed by atoms with van der Waals surface area (Å²) in [6.07, 6.45) is 1.57. The Kier molecular flexibility index (Phi) is 25.9. The SMILES string of the molecule is CO.CS(=O)(=O)C(S(C)(=O)=O)S(=O)(=O)Cl.CS(=O)(=O)[O-].O=S(=O)([O-])[O-].[Mg+2].[Na+]. The van der Waals surface area contributed by atoms with Gasteiger partial charge < -0.3 is 18.8 Å². The van der Waals surface area contributed by atoms with Gasteiger partial charge >= 0.3 is 52.6 Å². The van der Waals surface area contributed by atoms with E-state index in [1.54, 1.807) is 0 Å². The minimum atomic E-state index is -5.17. The zero-order valence-corrected chi connectivity index (χ0v) is 22.7. The van der Waals surface area contributed by atoms with Crippen molar-refractivity contribution < 1.29 is 90.4 Å². The summed E-state index contributed by atoms with van der Waals surface area (Å²) in [7, 11) is -16.7. The van der Waals surface area contributed by atoms with Gasteiger partial charge in [-0.05, 0) is 0 Å². The largest absolute Gasteiger partial charge is 2.00 e. The molecule has 0 rings (SSSR count). The van der Waals surface area contributed by atoms with E-state index in [1.165, 1.54) is 0 Å². The summed E-state index contributed by atoms with van der Waals surface area (Å²) >= 11 is 0. The van der Waals surface area contributed by atoms with Gasteiger partial charge in [-0.1, -0.05) is 0 Å². The molecule has 0 bridgehead atoms. The van der Waals surface area contributed by atoms with Crippen LogP contribution in [0.3, 0.4) is 0 Å². The van der Waals surface area contributed by atoms with E-state index in [2.05, 4.69) is 10.7 Å². The van der Waals surface area contributed by atoms with Crippen LogP contribution in [0.1, 0.15) is 0 Å². The molecule has 14 nitrogen and oxygen atoms in total. The molecule has 0 aliphatic carbocycles. The van der Waals surface area contributed by atoms with Crippen LogP contribution in [0, 0.1) is 0 Å². The quantitative estimate of drug-likeness (QED) is 0.151. The van der Waals surface area contributed by atoms with Crippen LogP contribution in [0.25, 0.3) is 0 Å². The molecule has 158 valence electrons. The molecule has 1 N–H and O–H groups in total. The van der Waals surface area contributed by atoms with Gasteiger partial charge in [-0.15, -0.1) is 0 Å². The van der Waals surface area contributed by atoms with Gasteiger partial charge in [-0.3, -0.25) is 8.42 Å². The molecule has 27 heavy (non-hydrogen) atoms. The fourth-order valence-electron chi connectivity index (χ4n) is 0.735. The fraction of sp³-hybridized carbons (Fsp3) is 1.00. The standard InChI is InChI=1S/C3H7ClO6S3.CH4O3S.CH4O.Mg.Na.H2O4S/c1-11(5,6)3(12(2,7)8)13(4,9)10;1-5(2,3)4;1-2;;;1-5(2,3)4/h3H,1-2H3;1H3,(H,2,3,4);2H,1H3;;;(H2,1,2,3,4)/q;;;+2;+1;/p-3. The maximum atomic E-state index is 10.8. The Hall–Kier alpha value is 1.65. The number of rotatable bonds is 3. The van der Waals surface area contributed by atoms with Gasteiger partial charge in [0.1, 0.15) is 0 Å². The molecule has 0 saturated heterocycles. The van der Waals surface area contributed by atoms with Crippen LogP contribution in [-0.4, -0.2) is 114 Å². The van der Waals surface area contributed by atoms with Gasteiger partial charge in [0.05, 0.1) is 10.1 Å². The summed E-state index contributed by atoms with van der Waals surface area (Å²) in [5.41, 5.74) is 0. The normalized spacial score (nSPS) is 11.6. The van der Waals surface area contributed by atoms with Crippen LogP contribution < -0.4 is 29.6 Å². The molecule has 0 amide bonds. The Morgan fingerprint density at radius 1 is 0.704 bits per heavy atom. The van der Waals surface area contributed by atoms with Crippen molar-refractivity contribution in [2.75, 3.05) is 25.9 Å². The molecule has 0 aromatic carbocycles. The first-order chi connectivity index (χ1) is 10.4. The van der Waals surface area contributed by atoms with Crippen LogP contribution in [0.4, 0.5) is 0 Å². The van der Waals surface area contributed by atoms with Gasteiger partial charge in [0.25, 0.3) is 13.0 Å². The van der Waals surface area contributed by atoms with Gasteiger partial charge in [-0.2, -0.15) is 0 Å². The minimum absolute atomic E-state index is 0. The van der Waals surface area contributed by atoms with E-state index in [0.717, 1.165) is 7.11 Å². The molecule has 0 heterocycles. The van der Waals surface area contributed by atoms with E-state index in [9.17, 15) is 25.3 Å². The Bertz CT molecular complexity index is 780. The number of hydrogen-bond acceptors (Lipinski definition) is 14. The summed E-state index contributed by atoms with van der Waals surface area (Å²) in [4.78, 5) is 0. The van der Waals surface area contributed by atoms with Crippen LogP contribution >= 0.6 is 10.7 Å². The van der Waals surface area contributed by atoms with E-state index < -0.39 is 53.2 Å². The smallest absolute Gasteiger partial charge is 0.759 e. The Morgan fingerprint density at radius 3 is 0.815 bits per heavy atom. The summed E-state index contributed by atoms with van der Waals surface area (Å²) in [5.74, 6) is 0.